The second kappa shape index (κ2) is 6.76. The standard InChI is InChI=1S/C21H24N6/c1-14-21(25-18-5-3-2-4-17(18)23-14)27-12-9-16(10-13-27)24-19-8-11-22-20(26-19)15-6-7-15/h2-5,8,11,15-16H,6-7,9-10,12-13H2,1H3,(H,22,24,26). The Kier molecular flexibility index (Phi) is 4.11. The van der Waals surface area contributed by atoms with E-state index in [4.69, 9.17) is 15.0 Å². The number of nitrogens with zero attached hydrogens (tertiary/aromatic N) is 5. The summed E-state index contributed by atoms with van der Waals surface area (Å²) in [5.74, 6) is 3.57. The molecule has 2 aliphatic rings. The number of para-hydroxylation sites is 2. The highest BCUT2D eigenvalue weighted by Gasteiger charge is 2.27. The molecule has 6 nitrogen and oxygen atoms in total. The third-order valence-corrected chi connectivity index (χ3v) is 5.48. The molecule has 3 aromatic rings. The number of fused-ring (bicyclic) bond motifs is 1. The van der Waals surface area contributed by atoms with Gasteiger partial charge in [-0.3, -0.25) is 0 Å². The fraction of sp³-hybridized carbons (Fsp3) is 0.429. The number of hydrogen-bond acceptors (Lipinski definition) is 6. The van der Waals surface area contributed by atoms with Crippen LogP contribution in [0.1, 0.15) is 43.1 Å². The molecule has 1 aromatic carbocycles. The third kappa shape index (κ3) is 3.44. The van der Waals surface area contributed by atoms with Gasteiger partial charge in [0.1, 0.15) is 11.6 Å². The molecule has 138 valence electrons. The van der Waals surface area contributed by atoms with Crippen molar-refractivity contribution in [2.45, 2.75) is 44.6 Å². The van der Waals surface area contributed by atoms with Crippen molar-refractivity contribution in [1.29, 1.82) is 0 Å². The first kappa shape index (κ1) is 16.4. The third-order valence-electron chi connectivity index (χ3n) is 5.48. The quantitative estimate of drug-likeness (QED) is 0.765. The highest BCUT2D eigenvalue weighted by atomic mass is 15.2. The Hall–Kier alpha value is -2.76. The second-order valence-corrected chi connectivity index (χ2v) is 7.60. The van der Waals surface area contributed by atoms with Crippen molar-refractivity contribution in [2.24, 2.45) is 0 Å². The lowest BCUT2D eigenvalue weighted by Gasteiger charge is -2.34. The Morgan fingerprint density at radius 1 is 0.926 bits per heavy atom. The molecular weight excluding hydrogens is 336 g/mol. The number of nitrogens with one attached hydrogen (secondary N) is 1. The van der Waals surface area contributed by atoms with Gasteiger partial charge in [-0.15, -0.1) is 0 Å². The SMILES string of the molecule is Cc1nc2ccccc2nc1N1CCC(Nc2ccnc(C3CC3)n2)CC1. The van der Waals surface area contributed by atoms with Crippen molar-refractivity contribution in [2.75, 3.05) is 23.3 Å². The van der Waals surface area contributed by atoms with E-state index in [-0.39, 0.29) is 0 Å². The predicted octanol–water partition coefficient (Wildman–Crippen LogP) is 3.69. The maximum atomic E-state index is 4.87. The maximum Gasteiger partial charge on any atom is 0.150 e. The van der Waals surface area contributed by atoms with Crippen molar-refractivity contribution in [3.63, 3.8) is 0 Å². The summed E-state index contributed by atoms with van der Waals surface area (Å²) in [7, 11) is 0. The zero-order chi connectivity index (χ0) is 18.2. The summed E-state index contributed by atoms with van der Waals surface area (Å²) in [6, 6.07) is 10.5. The molecule has 1 aliphatic heterocycles. The number of rotatable bonds is 4. The molecule has 2 fully saturated rings. The molecule has 5 rings (SSSR count). The Morgan fingerprint density at radius 2 is 1.67 bits per heavy atom. The summed E-state index contributed by atoms with van der Waals surface area (Å²) < 4.78 is 0. The van der Waals surface area contributed by atoms with Crippen LogP contribution in [0.5, 0.6) is 0 Å². The van der Waals surface area contributed by atoms with Crippen LogP contribution in [-0.4, -0.2) is 39.1 Å². The van der Waals surface area contributed by atoms with Gasteiger partial charge in [-0.05, 0) is 50.8 Å². The Labute approximate surface area is 159 Å². The van der Waals surface area contributed by atoms with E-state index >= 15 is 0 Å². The van der Waals surface area contributed by atoms with Gasteiger partial charge < -0.3 is 10.2 Å². The van der Waals surface area contributed by atoms with Crippen LogP contribution in [-0.2, 0) is 0 Å². The van der Waals surface area contributed by atoms with Gasteiger partial charge in [0.15, 0.2) is 5.82 Å². The number of aromatic nitrogens is 4. The van der Waals surface area contributed by atoms with Crippen molar-refractivity contribution in [1.82, 2.24) is 19.9 Å². The average molecular weight is 360 g/mol. The minimum Gasteiger partial charge on any atom is -0.367 e. The Bertz CT molecular complexity index is 960. The average Bonchev–Trinajstić information content (AvgIpc) is 3.54. The van der Waals surface area contributed by atoms with Crippen LogP contribution in [0.3, 0.4) is 0 Å². The van der Waals surface area contributed by atoms with Crippen molar-refractivity contribution >= 4 is 22.7 Å². The lowest BCUT2D eigenvalue weighted by atomic mass is 10.0. The summed E-state index contributed by atoms with van der Waals surface area (Å²) in [5, 5.41) is 3.61. The van der Waals surface area contributed by atoms with E-state index in [0.717, 1.165) is 60.1 Å². The van der Waals surface area contributed by atoms with Crippen molar-refractivity contribution in [3.8, 4) is 0 Å². The molecule has 27 heavy (non-hydrogen) atoms. The molecule has 0 bridgehead atoms. The topological polar surface area (TPSA) is 66.8 Å². The van der Waals surface area contributed by atoms with Crippen LogP contribution >= 0.6 is 0 Å². The van der Waals surface area contributed by atoms with Gasteiger partial charge in [0, 0.05) is 31.2 Å². The number of anilines is 2. The zero-order valence-corrected chi connectivity index (χ0v) is 15.6. The molecule has 0 radical (unpaired) electrons. The van der Waals surface area contributed by atoms with Gasteiger partial charge in [0.2, 0.25) is 0 Å². The van der Waals surface area contributed by atoms with E-state index in [1.54, 1.807) is 0 Å². The number of piperidine rings is 1. The normalized spacial score (nSPS) is 18.0. The molecule has 2 aromatic heterocycles. The number of benzene rings is 1. The highest BCUT2D eigenvalue weighted by molar-refractivity contribution is 5.76. The molecule has 0 spiro atoms. The van der Waals surface area contributed by atoms with Crippen LogP contribution in [0, 0.1) is 6.92 Å². The van der Waals surface area contributed by atoms with Gasteiger partial charge in [-0.1, -0.05) is 12.1 Å². The zero-order valence-electron chi connectivity index (χ0n) is 15.6. The smallest absolute Gasteiger partial charge is 0.150 e. The van der Waals surface area contributed by atoms with Crippen molar-refractivity contribution in [3.05, 3.63) is 48.0 Å². The summed E-state index contributed by atoms with van der Waals surface area (Å²) in [6.45, 7) is 4.01. The van der Waals surface area contributed by atoms with Crippen LogP contribution in [0.4, 0.5) is 11.6 Å². The minimum absolute atomic E-state index is 0.442. The first-order valence-electron chi connectivity index (χ1n) is 9.84. The molecular formula is C21H24N6. The Balaban J connectivity index is 1.26. The van der Waals surface area contributed by atoms with E-state index in [1.807, 2.05) is 36.5 Å². The summed E-state index contributed by atoms with van der Waals surface area (Å²) >= 11 is 0. The first-order chi connectivity index (χ1) is 13.3. The van der Waals surface area contributed by atoms with E-state index in [1.165, 1.54) is 12.8 Å². The van der Waals surface area contributed by atoms with Gasteiger partial charge in [-0.2, -0.15) is 0 Å². The molecule has 0 amide bonds. The monoisotopic (exact) mass is 360 g/mol. The van der Waals surface area contributed by atoms with E-state index in [9.17, 15) is 0 Å². The predicted molar refractivity (Wildman–Crippen MR) is 107 cm³/mol. The summed E-state index contributed by atoms with van der Waals surface area (Å²) in [5.41, 5.74) is 2.93. The molecule has 1 saturated carbocycles. The lowest BCUT2D eigenvalue weighted by Crippen LogP contribution is -2.40. The van der Waals surface area contributed by atoms with Crippen LogP contribution < -0.4 is 10.2 Å². The molecule has 6 heteroatoms. The van der Waals surface area contributed by atoms with Crippen LogP contribution in [0.15, 0.2) is 36.5 Å². The summed E-state index contributed by atoms with van der Waals surface area (Å²) in [4.78, 5) is 21.1. The fourth-order valence-corrected chi connectivity index (χ4v) is 3.82. The molecule has 0 unspecified atom stereocenters. The lowest BCUT2D eigenvalue weighted by molar-refractivity contribution is 0.521. The first-order valence-corrected chi connectivity index (χ1v) is 9.84. The van der Waals surface area contributed by atoms with Crippen molar-refractivity contribution < 1.29 is 0 Å². The molecule has 3 heterocycles. The van der Waals surface area contributed by atoms with Gasteiger partial charge in [0.25, 0.3) is 0 Å². The largest absolute Gasteiger partial charge is 0.367 e. The summed E-state index contributed by atoms with van der Waals surface area (Å²) in [6.07, 6.45) is 6.47. The van der Waals surface area contributed by atoms with Crippen LogP contribution in [0.25, 0.3) is 11.0 Å². The fourth-order valence-electron chi connectivity index (χ4n) is 3.82. The number of hydrogen-bond donors (Lipinski definition) is 1. The molecule has 1 saturated heterocycles. The molecule has 1 aliphatic carbocycles. The van der Waals surface area contributed by atoms with Gasteiger partial charge in [0.05, 0.1) is 16.7 Å². The van der Waals surface area contributed by atoms with E-state index in [0.29, 0.717) is 12.0 Å². The van der Waals surface area contributed by atoms with Gasteiger partial charge in [-0.25, -0.2) is 19.9 Å². The van der Waals surface area contributed by atoms with Crippen LogP contribution in [0.2, 0.25) is 0 Å². The maximum absolute atomic E-state index is 4.87. The van der Waals surface area contributed by atoms with E-state index in [2.05, 4.69) is 22.1 Å². The van der Waals surface area contributed by atoms with Gasteiger partial charge >= 0.3 is 0 Å². The molecule has 0 atom stereocenters. The molecule has 1 N–H and O–H groups in total. The number of aryl methyl sites for hydroxylation is 1. The second-order valence-electron chi connectivity index (χ2n) is 7.60. The van der Waals surface area contributed by atoms with E-state index < -0.39 is 0 Å². The highest BCUT2D eigenvalue weighted by Crippen LogP contribution is 2.38. The Morgan fingerprint density at radius 3 is 2.41 bits per heavy atom. The minimum atomic E-state index is 0.442.